The number of hydrogen-bond donors (Lipinski definition) is 1. The van der Waals surface area contributed by atoms with E-state index < -0.39 is 0 Å². The Labute approximate surface area is 110 Å². The molecule has 15 heavy (non-hydrogen) atoms. The summed E-state index contributed by atoms with van der Waals surface area (Å²) in [6.07, 6.45) is 4.04. The molecule has 1 atom stereocenters. The Morgan fingerprint density at radius 1 is 1.53 bits per heavy atom. The van der Waals surface area contributed by atoms with Crippen molar-refractivity contribution in [2.75, 3.05) is 7.05 Å². The summed E-state index contributed by atoms with van der Waals surface area (Å²) in [5.41, 5.74) is 1.31. The van der Waals surface area contributed by atoms with Crippen LogP contribution in [0.4, 0.5) is 0 Å². The van der Waals surface area contributed by atoms with Crippen LogP contribution in [0.1, 0.15) is 30.9 Å². The van der Waals surface area contributed by atoms with E-state index in [0.717, 1.165) is 14.5 Å². The van der Waals surface area contributed by atoms with E-state index in [4.69, 9.17) is 11.6 Å². The molecule has 1 unspecified atom stereocenters. The van der Waals surface area contributed by atoms with Crippen molar-refractivity contribution in [2.24, 2.45) is 5.92 Å². The monoisotopic (exact) mass is 335 g/mol. The second-order valence-corrected chi connectivity index (χ2v) is 5.76. The second kappa shape index (κ2) is 5.02. The summed E-state index contributed by atoms with van der Waals surface area (Å²) >= 11 is 8.39. The molecule has 0 aliphatic heterocycles. The molecule has 1 nitrogen and oxygen atoms in total. The Morgan fingerprint density at radius 3 is 2.80 bits per heavy atom. The molecule has 0 heterocycles. The SMILES string of the molecule is CNC(CC1CC1)c1ccc(I)c(Cl)c1. The fourth-order valence-corrected chi connectivity index (χ4v) is 2.36. The smallest absolute Gasteiger partial charge is 0.0542 e. The lowest BCUT2D eigenvalue weighted by Gasteiger charge is -2.16. The maximum Gasteiger partial charge on any atom is 0.0542 e. The molecule has 1 aliphatic rings. The molecule has 0 bridgehead atoms. The molecule has 1 aromatic carbocycles. The van der Waals surface area contributed by atoms with E-state index >= 15 is 0 Å². The highest BCUT2D eigenvalue weighted by Crippen LogP contribution is 2.38. The van der Waals surface area contributed by atoms with Gasteiger partial charge in [-0.15, -0.1) is 0 Å². The van der Waals surface area contributed by atoms with Crippen LogP contribution in [0.5, 0.6) is 0 Å². The molecule has 2 rings (SSSR count). The lowest BCUT2D eigenvalue weighted by Crippen LogP contribution is -2.16. The average molecular weight is 336 g/mol. The summed E-state index contributed by atoms with van der Waals surface area (Å²) in [5, 5.41) is 4.24. The Kier molecular flexibility index (Phi) is 3.91. The zero-order valence-electron chi connectivity index (χ0n) is 8.76. The van der Waals surface area contributed by atoms with Crippen LogP contribution in [0.15, 0.2) is 18.2 Å². The normalized spacial score (nSPS) is 17.8. The molecule has 1 saturated carbocycles. The van der Waals surface area contributed by atoms with Gasteiger partial charge in [-0.3, -0.25) is 0 Å². The summed E-state index contributed by atoms with van der Waals surface area (Å²) in [4.78, 5) is 0. The fourth-order valence-electron chi connectivity index (χ4n) is 1.84. The Balaban J connectivity index is 2.13. The highest BCUT2D eigenvalue weighted by molar-refractivity contribution is 14.1. The van der Waals surface area contributed by atoms with Crippen molar-refractivity contribution in [1.29, 1.82) is 0 Å². The summed E-state index contributed by atoms with van der Waals surface area (Å²) in [6, 6.07) is 6.83. The van der Waals surface area contributed by atoms with Gasteiger partial charge in [0.15, 0.2) is 0 Å². The van der Waals surface area contributed by atoms with Crippen LogP contribution in [0.25, 0.3) is 0 Å². The van der Waals surface area contributed by atoms with E-state index in [9.17, 15) is 0 Å². The molecular formula is C12H15ClIN. The molecule has 0 saturated heterocycles. The van der Waals surface area contributed by atoms with E-state index in [1.54, 1.807) is 0 Å². The van der Waals surface area contributed by atoms with Gasteiger partial charge in [0, 0.05) is 9.61 Å². The van der Waals surface area contributed by atoms with Gasteiger partial charge >= 0.3 is 0 Å². The van der Waals surface area contributed by atoms with Gasteiger partial charge in [0.05, 0.1) is 5.02 Å². The third kappa shape index (κ3) is 3.08. The standard InChI is InChI=1S/C12H15ClIN/c1-15-12(6-8-2-3-8)9-4-5-11(14)10(13)7-9/h4-5,7-8,12,15H,2-3,6H2,1H3. The molecule has 82 valence electrons. The van der Waals surface area contributed by atoms with E-state index in [1.807, 2.05) is 7.05 Å². The summed E-state index contributed by atoms with van der Waals surface area (Å²) in [7, 11) is 2.03. The van der Waals surface area contributed by atoms with Crippen molar-refractivity contribution in [3.05, 3.63) is 32.4 Å². The number of nitrogens with one attached hydrogen (secondary N) is 1. The van der Waals surface area contributed by atoms with Gasteiger partial charge in [-0.1, -0.05) is 30.5 Å². The van der Waals surface area contributed by atoms with Crippen LogP contribution in [0.3, 0.4) is 0 Å². The van der Waals surface area contributed by atoms with Crippen molar-refractivity contribution >= 4 is 34.2 Å². The summed E-state index contributed by atoms with van der Waals surface area (Å²) in [5.74, 6) is 0.931. The van der Waals surface area contributed by atoms with E-state index in [-0.39, 0.29) is 0 Å². The molecule has 1 fully saturated rings. The summed E-state index contributed by atoms with van der Waals surface area (Å²) in [6.45, 7) is 0. The minimum absolute atomic E-state index is 0.465. The predicted molar refractivity (Wildman–Crippen MR) is 73.3 cm³/mol. The van der Waals surface area contributed by atoms with Crippen LogP contribution in [-0.2, 0) is 0 Å². The molecule has 0 amide bonds. The first-order chi connectivity index (χ1) is 7.20. The third-order valence-electron chi connectivity index (χ3n) is 2.96. The minimum Gasteiger partial charge on any atom is -0.313 e. The number of rotatable bonds is 4. The fraction of sp³-hybridized carbons (Fsp3) is 0.500. The maximum absolute atomic E-state index is 6.13. The van der Waals surface area contributed by atoms with Crippen LogP contribution in [0, 0.1) is 9.49 Å². The zero-order chi connectivity index (χ0) is 10.8. The number of halogens is 2. The van der Waals surface area contributed by atoms with E-state index in [1.165, 1.54) is 24.8 Å². The van der Waals surface area contributed by atoms with Gasteiger partial charge in [-0.25, -0.2) is 0 Å². The Morgan fingerprint density at radius 2 is 2.27 bits per heavy atom. The van der Waals surface area contributed by atoms with Crippen molar-refractivity contribution in [3.63, 3.8) is 0 Å². The Hall–Kier alpha value is 0.200. The van der Waals surface area contributed by atoms with Crippen molar-refractivity contribution in [1.82, 2.24) is 5.32 Å². The Bertz CT molecular complexity index is 349. The predicted octanol–water partition coefficient (Wildman–Crippen LogP) is 4.01. The van der Waals surface area contributed by atoms with Crippen molar-refractivity contribution < 1.29 is 0 Å². The number of benzene rings is 1. The maximum atomic E-state index is 6.13. The van der Waals surface area contributed by atoms with E-state index in [0.29, 0.717) is 6.04 Å². The van der Waals surface area contributed by atoms with Crippen LogP contribution >= 0.6 is 34.2 Å². The highest BCUT2D eigenvalue weighted by Gasteiger charge is 2.25. The molecule has 1 N–H and O–H groups in total. The first kappa shape index (κ1) is 11.7. The summed E-state index contributed by atoms with van der Waals surface area (Å²) < 4.78 is 1.12. The topological polar surface area (TPSA) is 12.0 Å². The molecule has 0 radical (unpaired) electrons. The van der Waals surface area contributed by atoms with Gasteiger partial charge in [0.2, 0.25) is 0 Å². The van der Waals surface area contributed by atoms with Crippen LogP contribution in [-0.4, -0.2) is 7.05 Å². The lowest BCUT2D eigenvalue weighted by atomic mass is 10.0. The number of hydrogen-bond acceptors (Lipinski definition) is 1. The van der Waals surface area contributed by atoms with Crippen molar-refractivity contribution in [2.45, 2.75) is 25.3 Å². The quantitative estimate of drug-likeness (QED) is 0.820. The second-order valence-electron chi connectivity index (χ2n) is 4.19. The minimum atomic E-state index is 0.465. The molecule has 0 spiro atoms. The van der Waals surface area contributed by atoms with Gasteiger partial charge in [0.25, 0.3) is 0 Å². The molecule has 3 heteroatoms. The first-order valence-corrected chi connectivity index (χ1v) is 6.78. The van der Waals surface area contributed by atoms with Gasteiger partial charge < -0.3 is 5.32 Å². The lowest BCUT2D eigenvalue weighted by molar-refractivity contribution is 0.514. The van der Waals surface area contributed by atoms with E-state index in [2.05, 4.69) is 46.1 Å². The van der Waals surface area contributed by atoms with Crippen LogP contribution in [0.2, 0.25) is 5.02 Å². The van der Waals surface area contributed by atoms with Crippen molar-refractivity contribution in [3.8, 4) is 0 Å². The molecule has 1 aromatic rings. The molecule has 0 aromatic heterocycles. The molecule has 1 aliphatic carbocycles. The van der Waals surface area contributed by atoms with Gasteiger partial charge in [0.1, 0.15) is 0 Å². The molecular weight excluding hydrogens is 320 g/mol. The third-order valence-corrected chi connectivity index (χ3v) is 4.53. The van der Waals surface area contributed by atoms with Crippen LogP contribution < -0.4 is 5.32 Å². The largest absolute Gasteiger partial charge is 0.313 e. The first-order valence-electron chi connectivity index (χ1n) is 5.33. The van der Waals surface area contributed by atoms with Gasteiger partial charge in [-0.05, 0) is 59.7 Å². The van der Waals surface area contributed by atoms with Gasteiger partial charge in [-0.2, -0.15) is 0 Å². The average Bonchev–Trinajstić information content (AvgIpc) is 3.02. The zero-order valence-corrected chi connectivity index (χ0v) is 11.7. The highest BCUT2D eigenvalue weighted by atomic mass is 127.